The Morgan fingerprint density at radius 3 is 2.40 bits per heavy atom. The molecule has 0 unspecified atom stereocenters. The summed E-state index contributed by atoms with van der Waals surface area (Å²) in [7, 11) is 0. The van der Waals surface area contributed by atoms with Crippen LogP contribution >= 0.6 is 15.9 Å². The lowest BCUT2D eigenvalue weighted by atomic mass is 10.2. The van der Waals surface area contributed by atoms with Crippen LogP contribution in [0.4, 0.5) is 15.8 Å². The maximum absolute atomic E-state index is 13.9. The van der Waals surface area contributed by atoms with E-state index in [2.05, 4.69) is 32.0 Å². The summed E-state index contributed by atoms with van der Waals surface area (Å²) >= 11 is 3.39. The first-order valence-electron chi connectivity index (χ1n) is 10.6. The van der Waals surface area contributed by atoms with Crippen LogP contribution in [0.15, 0.2) is 77.3 Å². The van der Waals surface area contributed by atoms with Gasteiger partial charge in [0.05, 0.1) is 17.8 Å². The van der Waals surface area contributed by atoms with Crippen molar-refractivity contribution in [3.63, 3.8) is 0 Å². The van der Waals surface area contributed by atoms with Crippen molar-refractivity contribution in [2.45, 2.75) is 6.92 Å². The van der Waals surface area contributed by atoms with Gasteiger partial charge in [0, 0.05) is 15.5 Å². The van der Waals surface area contributed by atoms with E-state index >= 15 is 0 Å². The van der Waals surface area contributed by atoms with E-state index in [1.165, 1.54) is 22.9 Å². The second kappa shape index (κ2) is 10.4. The van der Waals surface area contributed by atoms with Crippen molar-refractivity contribution in [2.24, 2.45) is 0 Å². The Balaban J connectivity index is 1.60. The lowest BCUT2D eigenvalue weighted by Gasteiger charge is -2.13. The van der Waals surface area contributed by atoms with Crippen LogP contribution < -0.4 is 20.8 Å². The molecule has 3 aromatic carbocycles. The molecule has 0 aliphatic heterocycles. The highest BCUT2D eigenvalue weighted by molar-refractivity contribution is 9.10. The maximum Gasteiger partial charge on any atom is 0.328 e. The molecule has 0 aliphatic rings. The number of ether oxygens (including phenoxy) is 1. The smallest absolute Gasteiger partial charge is 0.328 e. The number of nitrogens with zero attached hydrogens (tertiary/aromatic N) is 1. The third kappa shape index (κ3) is 5.49. The molecule has 35 heavy (non-hydrogen) atoms. The molecule has 3 amide bonds. The van der Waals surface area contributed by atoms with Crippen molar-refractivity contribution >= 4 is 55.9 Å². The lowest BCUT2D eigenvalue weighted by Crippen LogP contribution is -2.36. The molecule has 8 nitrogen and oxygen atoms in total. The molecule has 0 fully saturated rings. The van der Waals surface area contributed by atoms with Gasteiger partial charge in [0.1, 0.15) is 17.3 Å². The Bertz CT molecular complexity index is 1420. The molecule has 0 atom stereocenters. The third-order valence-electron chi connectivity index (χ3n) is 4.96. The van der Waals surface area contributed by atoms with E-state index in [0.29, 0.717) is 28.9 Å². The number of nitrogens with one attached hydrogen (secondary N) is 3. The van der Waals surface area contributed by atoms with Crippen molar-refractivity contribution in [3.8, 4) is 5.75 Å². The highest BCUT2D eigenvalue weighted by atomic mass is 79.9. The van der Waals surface area contributed by atoms with E-state index in [1.54, 1.807) is 48.5 Å². The fourth-order valence-electron chi connectivity index (χ4n) is 3.36. The monoisotopic (exact) mass is 538 g/mol. The molecule has 0 bridgehead atoms. The molecule has 10 heteroatoms. The van der Waals surface area contributed by atoms with Crippen molar-refractivity contribution in [1.29, 1.82) is 0 Å². The first kappa shape index (κ1) is 24.0. The fourth-order valence-corrected chi connectivity index (χ4v) is 3.74. The Morgan fingerprint density at radius 2 is 1.69 bits per heavy atom. The fraction of sp³-hybridized carbons (Fsp3) is 0.0800. The van der Waals surface area contributed by atoms with Crippen LogP contribution in [0, 0.1) is 5.82 Å². The predicted molar refractivity (Wildman–Crippen MR) is 135 cm³/mol. The molecule has 3 N–H and O–H groups in total. The topological polar surface area (TPSA) is 101 Å². The van der Waals surface area contributed by atoms with Gasteiger partial charge < -0.3 is 15.4 Å². The zero-order valence-electron chi connectivity index (χ0n) is 18.5. The van der Waals surface area contributed by atoms with E-state index < -0.39 is 23.5 Å². The van der Waals surface area contributed by atoms with Crippen molar-refractivity contribution in [2.75, 3.05) is 22.7 Å². The van der Waals surface area contributed by atoms with E-state index in [0.717, 1.165) is 10.5 Å². The Hall–Kier alpha value is -4.18. The van der Waals surface area contributed by atoms with E-state index in [9.17, 15) is 18.8 Å². The van der Waals surface area contributed by atoms with Crippen LogP contribution in [0.5, 0.6) is 5.75 Å². The third-order valence-corrected chi connectivity index (χ3v) is 5.45. The van der Waals surface area contributed by atoms with Crippen molar-refractivity contribution in [1.82, 2.24) is 4.68 Å². The van der Waals surface area contributed by atoms with Crippen LogP contribution in [-0.4, -0.2) is 29.0 Å². The molecular weight excluding hydrogens is 519 g/mol. The van der Waals surface area contributed by atoms with Crippen LogP contribution in [0.25, 0.3) is 10.9 Å². The molecule has 0 radical (unpaired) electrons. The van der Waals surface area contributed by atoms with E-state index in [4.69, 9.17) is 4.74 Å². The van der Waals surface area contributed by atoms with Gasteiger partial charge in [0.25, 0.3) is 5.91 Å². The van der Waals surface area contributed by atoms with Gasteiger partial charge >= 0.3 is 11.8 Å². The molecule has 4 rings (SSSR count). The number of amides is 3. The zero-order valence-corrected chi connectivity index (χ0v) is 20.1. The number of rotatable bonds is 6. The zero-order chi connectivity index (χ0) is 24.9. The molecule has 0 saturated heterocycles. The maximum atomic E-state index is 13.9. The van der Waals surface area contributed by atoms with Gasteiger partial charge in [-0.2, -0.15) is 0 Å². The minimum absolute atomic E-state index is 0.0824. The average Bonchev–Trinajstić information content (AvgIpc) is 3.19. The summed E-state index contributed by atoms with van der Waals surface area (Å²) in [5, 5.41) is 5.63. The summed E-state index contributed by atoms with van der Waals surface area (Å²) in [6.07, 6.45) is 0. The number of fused-ring (bicyclic) bond motifs is 1. The van der Waals surface area contributed by atoms with Gasteiger partial charge in [0.15, 0.2) is 0 Å². The second-order valence-electron chi connectivity index (χ2n) is 7.35. The number of halogens is 2. The first-order chi connectivity index (χ1) is 16.9. The van der Waals surface area contributed by atoms with Gasteiger partial charge in [-0.15, -0.1) is 0 Å². The highest BCUT2D eigenvalue weighted by Crippen LogP contribution is 2.24. The van der Waals surface area contributed by atoms with Crippen LogP contribution in [-0.2, 0) is 9.59 Å². The highest BCUT2D eigenvalue weighted by Gasteiger charge is 2.22. The number of carbonyl (C=O) groups excluding carboxylic acids is 3. The molecule has 1 aromatic heterocycles. The predicted octanol–water partition coefficient (Wildman–Crippen LogP) is 4.90. The summed E-state index contributed by atoms with van der Waals surface area (Å²) < 4.78 is 21.3. The molecule has 0 saturated carbocycles. The summed E-state index contributed by atoms with van der Waals surface area (Å²) in [5.41, 5.74) is 3.38. The average molecular weight is 539 g/mol. The van der Waals surface area contributed by atoms with Crippen LogP contribution in [0.1, 0.15) is 17.4 Å². The van der Waals surface area contributed by atoms with Gasteiger partial charge in [-0.1, -0.05) is 28.1 Å². The number of hydrogen-bond donors (Lipinski definition) is 3. The second-order valence-corrected chi connectivity index (χ2v) is 8.27. The van der Waals surface area contributed by atoms with Gasteiger partial charge in [0.2, 0.25) is 0 Å². The minimum Gasteiger partial charge on any atom is -0.494 e. The quantitative estimate of drug-likeness (QED) is 0.304. The van der Waals surface area contributed by atoms with Crippen molar-refractivity contribution in [3.05, 3.63) is 88.8 Å². The Kier molecular flexibility index (Phi) is 7.11. The van der Waals surface area contributed by atoms with E-state index in [1.807, 2.05) is 6.92 Å². The number of para-hydroxylation sites is 1. The minimum atomic E-state index is -1.09. The summed E-state index contributed by atoms with van der Waals surface area (Å²) in [6, 6.07) is 19.1. The normalized spacial score (nSPS) is 10.6. The number of aromatic nitrogens is 1. The molecule has 4 aromatic rings. The standard InChI is InChI=1S/C25H20BrFN4O4/c1-2-35-18-10-8-17(9-11-18)28-23(32)22-14-15-13-16(26)7-12-21(15)31(22)30-25(34)24(33)29-20-6-4-3-5-19(20)27/h3-14H,2H2,1H3,(H,28,32)(H,29,33)(H,30,34). The van der Waals surface area contributed by atoms with Crippen LogP contribution in [0.2, 0.25) is 0 Å². The number of anilines is 2. The summed E-state index contributed by atoms with van der Waals surface area (Å²) in [6.45, 7) is 2.39. The van der Waals surface area contributed by atoms with E-state index in [-0.39, 0.29) is 11.4 Å². The molecule has 0 spiro atoms. The summed E-state index contributed by atoms with van der Waals surface area (Å²) in [5.74, 6) is -2.70. The van der Waals surface area contributed by atoms with Gasteiger partial charge in [-0.05, 0) is 67.6 Å². The lowest BCUT2D eigenvalue weighted by molar-refractivity contribution is -0.133. The molecule has 178 valence electrons. The number of benzene rings is 3. The SMILES string of the molecule is CCOc1ccc(NC(=O)c2cc3cc(Br)ccc3n2NC(=O)C(=O)Nc2ccccc2F)cc1. The first-order valence-corrected chi connectivity index (χ1v) is 11.4. The Labute approximate surface area is 208 Å². The Morgan fingerprint density at radius 1 is 0.943 bits per heavy atom. The molecular formula is C25H20BrFN4O4. The number of carbonyl (C=O) groups is 3. The summed E-state index contributed by atoms with van der Waals surface area (Å²) in [4.78, 5) is 38.2. The van der Waals surface area contributed by atoms with Crippen molar-refractivity contribution < 1.29 is 23.5 Å². The van der Waals surface area contributed by atoms with Crippen LogP contribution in [0.3, 0.4) is 0 Å². The number of hydrogen-bond acceptors (Lipinski definition) is 4. The van der Waals surface area contributed by atoms with Gasteiger partial charge in [-0.3, -0.25) is 19.8 Å². The largest absolute Gasteiger partial charge is 0.494 e. The molecule has 0 aliphatic carbocycles. The molecule has 1 heterocycles. The van der Waals surface area contributed by atoms with Gasteiger partial charge in [-0.25, -0.2) is 9.07 Å².